The van der Waals surface area contributed by atoms with Crippen molar-refractivity contribution < 1.29 is 19.1 Å². The summed E-state index contributed by atoms with van der Waals surface area (Å²) in [6.07, 6.45) is 13.7. The molecule has 0 fully saturated rings. The molecule has 216 valence electrons. The lowest BCUT2D eigenvalue weighted by atomic mass is 10.1. The zero-order valence-electron chi connectivity index (χ0n) is 25.3. The lowest BCUT2D eigenvalue weighted by Crippen LogP contribution is -2.15. The fourth-order valence-corrected chi connectivity index (χ4v) is 2.88. The van der Waals surface area contributed by atoms with Gasteiger partial charge in [0, 0.05) is 22.5 Å². The molecule has 0 radical (unpaired) electrons. The quantitative estimate of drug-likeness (QED) is 0.230. The first-order chi connectivity index (χ1) is 19.3. The molecule has 0 aliphatic rings. The Morgan fingerprint density at radius 3 is 1.90 bits per heavy atom. The van der Waals surface area contributed by atoms with Crippen molar-refractivity contribution in [2.75, 3.05) is 24.9 Å². The Morgan fingerprint density at radius 2 is 1.40 bits per heavy atom. The first-order valence-corrected chi connectivity index (χ1v) is 13.2. The molecule has 2 amide bonds. The van der Waals surface area contributed by atoms with Gasteiger partial charge in [0.25, 0.3) is 11.8 Å². The van der Waals surface area contributed by atoms with Crippen molar-refractivity contribution in [2.24, 2.45) is 0 Å². The second-order valence-corrected chi connectivity index (χ2v) is 7.22. The summed E-state index contributed by atoms with van der Waals surface area (Å²) in [6, 6.07) is 10.3. The van der Waals surface area contributed by atoms with Gasteiger partial charge in [0.05, 0.1) is 14.2 Å². The first kappa shape index (κ1) is 37.6. The topological polar surface area (TPSA) is 76.7 Å². The number of carbonyl (C=O) groups is 2. The molecule has 0 atom stereocenters. The molecule has 2 N–H and O–H groups in total. The number of hydrogen-bond acceptors (Lipinski definition) is 4. The summed E-state index contributed by atoms with van der Waals surface area (Å²) in [6.45, 7) is 22.3. The van der Waals surface area contributed by atoms with Gasteiger partial charge in [0.1, 0.15) is 0 Å². The van der Waals surface area contributed by atoms with Gasteiger partial charge >= 0.3 is 0 Å². The summed E-state index contributed by atoms with van der Waals surface area (Å²) in [4.78, 5) is 25.2. The SMILES string of the molecule is C=C/C=C(\C=C/C)C(=O)Nc1ccc(C)c(NC(=O)c2ccc(OC)c(OC)c2)c1.C=C/C=C\C=C.CC.CC. The van der Waals surface area contributed by atoms with E-state index in [4.69, 9.17) is 9.47 Å². The third-order valence-electron chi connectivity index (χ3n) is 4.68. The molecule has 2 aromatic rings. The van der Waals surface area contributed by atoms with Crippen LogP contribution in [0.4, 0.5) is 11.4 Å². The van der Waals surface area contributed by atoms with Crippen LogP contribution in [0.3, 0.4) is 0 Å². The smallest absolute Gasteiger partial charge is 0.255 e. The molecule has 0 unspecified atom stereocenters. The van der Waals surface area contributed by atoms with E-state index in [1.807, 2.05) is 59.8 Å². The Morgan fingerprint density at radius 1 is 0.800 bits per heavy atom. The van der Waals surface area contributed by atoms with Gasteiger partial charge in [-0.1, -0.05) is 102 Å². The monoisotopic (exact) mass is 546 g/mol. The molecule has 40 heavy (non-hydrogen) atoms. The number of ether oxygens (including phenoxy) is 2. The zero-order valence-corrected chi connectivity index (χ0v) is 25.3. The number of nitrogens with one attached hydrogen (secondary N) is 2. The van der Waals surface area contributed by atoms with Crippen LogP contribution in [0.15, 0.2) is 110 Å². The van der Waals surface area contributed by atoms with Crippen molar-refractivity contribution in [2.45, 2.75) is 41.5 Å². The predicted molar refractivity (Wildman–Crippen MR) is 173 cm³/mol. The number of carbonyl (C=O) groups excluding carboxylic acids is 2. The minimum Gasteiger partial charge on any atom is -0.493 e. The lowest BCUT2D eigenvalue weighted by molar-refractivity contribution is -0.112. The molecular weight excluding hydrogens is 500 g/mol. The first-order valence-electron chi connectivity index (χ1n) is 13.2. The molecular formula is C34H46N2O4. The van der Waals surface area contributed by atoms with Gasteiger partial charge in [0.15, 0.2) is 11.5 Å². The number of allylic oxidation sites excluding steroid dienone is 7. The Labute approximate surface area is 241 Å². The maximum absolute atomic E-state index is 12.7. The van der Waals surface area contributed by atoms with Crippen LogP contribution in [-0.2, 0) is 4.79 Å². The van der Waals surface area contributed by atoms with E-state index >= 15 is 0 Å². The largest absolute Gasteiger partial charge is 0.493 e. The molecule has 6 nitrogen and oxygen atoms in total. The molecule has 0 saturated carbocycles. The van der Waals surface area contributed by atoms with E-state index in [0.717, 1.165) is 5.56 Å². The van der Waals surface area contributed by atoms with Gasteiger partial charge in [-0.15, -0.1) is 0 Å². The molecule has 2 aromatic carbocycles. The molecule has 0 saturated heterocycles. The highest BCUT2D eigenvalue weighted by Gasteiger charge is 2.13. The molecule has 6 heteroatoms. The van der Waals surface area contributed by atoms with Gasteiger partial charge in [-0.25, -0.2) is 0 Å². The summed E-state index contributed by atoms with van der Waals surface area (Å²) in [7, 11) is 3.05. The molecule has 0 spiro atoms. The maximum atomic E-state index is 12.7. The summed E-state index contributed by atoms with van der Waals surface area (Å²) < 4.78 is 10.5. The van der Waals surface area contributed by atoms with E-state index in [2.05, 4.69) is 30.4 Å². The number of amides is 2. The lowest BCUT2D eigenvalue weighted by Gasteiger charge is -2.13. The average Bonchev–Trinajstić information content (AvgIpc) is 2.99. The third kappa shape index (κ3) is 13.8. The van der Waals surface area contributed by atoms with Crippen molar-refractivity contribution in [1.82, 2.24) is 0 Å². The van der Waals surface area contributed by atoms with E-state index in [1.54, 1.807) is 66.8 Å². The van der Waals surface area contributed by atoms with Crippen molar-refractivity contribution in [3.63, 3.8) is 0 Å². The summed E-state index contributed by atoms with van der Waals surface area (Å²) in [5.74, 6) is 0.436. The maximum Gasteiger partial charge on any atom is 0.255 e. The predicted octanol–water partition coefficient (Wildman–Crippen LogP) is 8.86. The second kappa shape index (κ2) is 23.5. The van der Waals surface area contributed by atoms with Crippen LogP contribution >= 0.6 is 0 Å². The minimum atomic E-state index is -0.302. The van der Waals surface area contributed by atoms with E-state index in [-0.39, 0.29) is 11.8 Å². The van der Waals surface area contributed by atoms with Crippen molar-refractivity contribution >= 4 is 23.2 Å². The van der Waals surface area contributed by atoms with Crippen LogP contribution in [0.1, 0.15) is 50.5 Å². The van der Waals surface area contributed by atoms with Gasteiger partial charge in [-0.3, -0.25) is 9.59 Å². The minimum absolute atomic E-state index is 0.269. The van der Waals surface area contributed by atoms with Crippen LogP contribution < -0.4 is 20.1 Å². The molecule has 0 bridgehead atoms. The van der Waals surface area contributed by atoms with Crippen LogP contribution in [0.2, 0.25) is 0 Å². The number of aryl methyl sites for hydroxylation is 1. The van der Waals surface area contributed by atoms with Gasteiger partial charge in [-0.05, 0) is 49.7 Å². The molecule has 0 aliphatic heterocycles. The van der Waals surface area contributed by atoms with E-state index < -0.39 is 0 Å². The number of benzene rings is 2. The Kier molecular flexibility index (Phi) is 22.1. The highest BCUT2D eigenvalue weighted by Crippen LogP contribution is 2.28. The van der Waals surface area contributed by atoms with Gasteiger partial charge in [-0.2, -0.15) is 0 Å². The summed E-state index contributed by atoms with van der Waals surface area (Å²) in [5, 5.41) is 5.71. The third-order valence-corrected chi connectivity index (χ3v) is 4.68. The van der Waals surface area contributed by atoms with Crippen LogP contribution in [0.5, 0.6) is 11.5 Å². The molecule has 0 aromatic heterocycles. The van der Waals surface area contributed by atoms with Crippen LogP contribution in [0.25, 0.3) is 0 Å². The summed E-state index contributed by atoms with van der Waals surface area (Å²) in [5.41, 5.74) is 2.91. The highest BCUT2D eigenvalue weighted by molar-refractivity contribution is 6.07. The highest BCUT2D eigenvalue weighted by atomic mass is 16.5. The van der Waals surface area contributed by atoms with E-state index in [1.165, 1.54) is 14.2 Å². The van der Waals surface area contributed by atoms with Crippen molar-refractivity contribution in [3.8, 4) is 11.5 Å². The van der Waals surface area contributed by atoms with Crippen molar-refractivity contribution in [1.29, 1.82) is 0 Å². The van der Waals surface area contributed by atoms with E-state index in [0.29, 0.717) is 34.0 Å². The van der Waals surface area contributed by atoms with Crippen LogP contribution in [-0.4, -0.2) is 26.0 Å². The van der Waals surface area contributed by atoms with Crippen molar-refractivity contribution in [3.05, 3.63) is 121 Å². The molecule has 2 rings (SSSR count). The molecule has 0 heterocycles. The Bertz CT molecular complexity index is 1160. The Hall–Kier alpha value is -4.58. The summed E-state index contributed by atoms with van der Waals surface area (Å²) >= 11 is 0. The standard InChI is InChI=1S/C24H26N2O4.C6H8.2C2H6/c1-6-8-17(9-7-2)23(27)25-19-12-10-16(3)20(15-19)26-24(28)18-11-13-21(29-4)22(14-18)30-5;1-3-5-6-4-2;2*1-2/h6-15H,1H2,2-5H3,(H,25,27)(H,26,28);3-6H,1-2H2;2*1-2H3/b9-7-,17-8+;6-5-;;. The van der Waals surface area contributed by atoms with Gasteiger partial charge < -0.3 is 20.1 Å². The zero-order chi connectivity index (χ0) is 30.9. The molecule has 0 aliphatic carbocycles. The van der Waals surface area contributed by atoms with E-state index in [9.17, 15) is 9.59 Å². The fraction of sp³-hybridized carbons (Fsp3) is 0.235. The number of hydrogen-bond donors (Lipinski definition) is 2. The average molecular weight is 547 g/mol. The number of anilines is 2. The van der Waals surface area contributed by atoms with Crippen LogP contribution in [0, 0.1) is 6.92 Å². The fourth-order valence-electron chi connectivity index (χ4n) is 2.88. The Balaban J connectivity index is 0. The number of methoxy groups -OCH3 is 2. The normalized spacial score (nSPS) is 9.95. The second-order valence-electron chi connectivity index (χ2n) is 7.22. The van der Waals surface area contributed by atoms with Gasteiger partial charge in [0.2, 0.25) is 0 Å². The number of rotatable bonds is 10.